The van der Waals surface area contributed by atoms with Gasteiger partial charge in [0.1, 0.15) is 10.6 Å². The Morgan fingerprint density at radius 1 is 1.37 bits per heavy atom. The highest BCUT2D eigenvalue weighted by Crippen LogP contribution is 2.23. The lowest BCUT2D eigenvalue weighted by atomic mass is 10.3. The lowest BCUT2D eigenvalue weighted by molar-refractivity contribution is 0.281. The van der Waals surface area contributed by atoms with E-state index in [-0.39, 0.29) is 10.6 Å². The molecule has 7 heteroatoms. The third-order valence-corrected chi connectivity index (χ3v) is 4.05. The molecule has 0 atom stereocenters. The minimum Gasteiger partial charge on any atom is -0.493 e. The number of benzene rings is 1. The highest BCUT2D eigenvalue weighted by atomic mass is 32.2. The molecule has 3 N–H and O–H groups in total. The van der Waals surface area contributed by atoms with Gasteiger partial charge in [0, 0.05) is 12.6 Å². The number of rotatable bonds is 7. The van der Waals surface area contributed by atoms with Gasteiger partial charge in [-0.05, 0) is 39.7 Å². The minimum absolute atomic E-state index is 0.0654. The van der Waals surface area contributed by atoms with Crippen LogP contribution in [0.15, 0.2) is 23.1 Å². The maximum atomic E-state index is 11.6. The molecular weight excluding hydrogens is 266 g/mol. The lowest BCUT2D eigenvalue weighted by Gasteiger charge is -2.12. The molecule has 0 aliphatic rings. The van der Waals surface area contributed by atoms with Crippen LogP contribution in [0.4, 0.5) is 5.69 Å². The van der Waals surface area contributed by atoms with Gasteiger partial charge in [-0.1, -0.05) is 0 Å². The van der Waals surface area contributed by atoms with E-state index < -0.39 is 10.0 Å². The predicted octanol–water partition coefficient (Wildman–Crippen LogP) is 0.507. The largest absolute Gasteiger partial charge is 0.493 e. The summed E-state index contributed by atoms with van der Waals surface area (Å²) in [5.74, 6) is 0.575. The first-order valence-corrected chi connectivity index (χ1v) is 7.45. The molecule has 0 bridgehead atoms. The van der Waals surface area contributed by atoms with E-state index in [0.29, 0.717) is 12.4 Å². The van der Waals surface area contributed by atoms with Gasteiger partial charge in [-0.3, -0.25) is 0 Å². The Morgan fingerprint density at radius 3 is 2.58 bits per heavy atom. The van der Waals surface area contributed by atoms with Crippen LogP contribution >= 0.6 is 0 Å². The molecule has 0 saturated heterocycles. The Hall–Kier alpha value is -1.31. The van der Waals surface area contributed by atoms with Gasteiger partial charge in [0.25, 0.3) is 0 Å². The van der Waals surface area contributed by atoms with Crippen molar-refractivity contribution < 1.29 is 13.2 Å². The summed E-state index contributed by atoms with van der Waals surface area (Å²) in [6.07, 6.45) is 0.892. The van der Waals surface area contributed by atoms with Crippen molar-refractivity contribution in [3.63, 3.8) is 0 Å². The molecule has 0 aliphatic carbocycles. The van der Waals surface area contributed by atoms with Crippen molar-refractivity contribution in [2.75, 3.05) is 40.0 Å². The van der Waals surface area contributed by atoms with Crippen LogP contribution in [0.2, 0.25) is 0 Å². The third kappa shape index (κ3) is 4.70. The van der Waals surface area contributed by atoms with E-state index in [0.717, 1.165) is 13.0 Å². The second-order valence-electron chi connectivity index (χ2n) is 4.41. The molecule has 0 aromatic heterocycles. The standard InChI is InChI=1S/C12H21N3O3S/c1-14-19(16,17)12-6-5-10(9-11(12)13)18-8-4-7-15(2)3/h5-6,9,14H,4,7-8,13H2,1-3H3. The first-order chi connectivity index (χ1) is 8.86. The number of nitrogens with zero attached hydrogens (tertiary/aromatic N) is 1. The number of nitrogen functional groups attached to an aromatic ring is 1. The molecule has 6 nitrogen and oxygen atoms in total. The lowest BCUT2D eigenvalue weighted by Crippen LogP contribution is -2.20. The highest BCUT2D eigenvalue weighted by Gasteiger charge is 2.15. The zero-order chi connectivity index (χ0) is 14.5. The number of ether oxygens (including phenoxy) is 1. The second kappa shape index (κ2) is 6.74. The fourth-order valence-corrected chi connectivity index (χ4v) is 2.38. The van der Waals surface area contributed by atoms with Crippen LogP contribution in [0, 0.1) is 0 Å². The quantitative estimate of drug-likeness (QED) is 0.564. The van der Waals surface area contributed by atoms with Crippen molar-refractivity contribution in [1.29, 1.82) is 0 Å². The van der Waals surface area contributed by atoms with Gasteiger partial charge in [0.2, 0.25) is 10.0 Å². The Labute approximate surface area is 114 Å². The normalized spacial score (nSPS) is 11.8. The summed E-state index contributed by atoms with van der Waals surface area (Å²) in [6.45, 7) is 1.50. The summed E-state index contributed by atoms with van der Waals surface area (Å²) < 4.78 is 31.0. The van der Waals surface area contributed by atoms with Crippen LogP contribution in [-0.4, -0.2) is 47.6 Å². The number of hydrogen-bond acceptors (Lipinski definition) is 5. The van der Waals surface area contributed by atoms with Gasteiger partial charge in [-0.15, -0.1) is 0 Å². The molecule has 19 heavy (non-hydrogen) atoms. The smallest absolute Gasteiger partial charge is 0.242 e. The van der Waals surface area contributed by atoms with E-state index in [2.05, 4.69) is 9.62 Å². The van der Waals surface area contributed by atoms with Gasteiger partial charge in [-0.25, -0.2) is 13.1 Å². The van der Waals surface area contributed by atoms with E-state index in [9.17, 15) is 8.42 Å². The molecule has 108 valence electrons. The maximum Gasteiger partial charge on any atom is 0.242 e. The number of sulfonamides is 1. The summed E-state index contributed by atoms with van der Waals surface area (Å²) in [6, 6.07) is 4.58. The molecule has 0 aliphatic heterocycles. The Bertz CT molecular complexity index is 515. The fourth-order valence-electron chi connectivity index (χ4n) is 1.54. The van der Waals surface area contributed by atoms with Crippen molar-refractivity contribution in [2.45, 2.75) is 11.3 Å². The summed E-state index contributed by atoms with van der Waals surface area (Å²) >= 11 is 0. The molecule has 0 heterocycles. The molecule has 1 rings (SSSR count). The molecule has 0 saturated carbocycles. The number of hydrogen-bond donors (Lipinski definition) is 2. The monoisotopic (exact) mass is 287 g/mol. The molecule has 0 amide bonds. The first kappa shape index (κ1) is 15.7. The SMILES string of the molecule is CNS(=O)(=O)c1ccc(OCCCN(C)C)cc1N. The number of nitrogens with two attached hydrogens (primary N) is 1. The van der Waals surface area contributed by atoms with Crippen LogP contribution < -0.4 is 15.2 Å². The molecule has 1 aromatic carbocycles. The predicted molar refractivity (Wildman–Crippen MR) is 75.8 cm³/mol. The third-order valence-electron chi connectivity index (χ3n) is 2.56. The molecule has 0 unspecified atom stereocenters. The second-order valence-corrected chi connectivity index (χ2v) is 6.27. The van der Waals surface area contributed by atoms with Gasteiger partial charge >= 0.3 is 0 Å². The average Bonchev–Trinajstić information content (AvgIpc) is 2.34. The molecular formula is C12H21N3O3S. The molecule has 1 aromatic rings. The van der Waals surface area contributed by atoms with Crippen molar-refractivity contribution in [2.24, 2.45) is 0 Å². The zero-order valence-corrected chi connectivity index (χ0v) is 12.3. The van der Waals surface area contributed by atoms with E-state index in [4.69, 9.17) is 10.5 Å². The van der Waals surface area contributed by atoms with Crippen molar-refractivity contribution >= 4 is 15.7 Å². The zero-order valence-electron chi connectivity index (χ0n) is 11.5. The number of nitrogens with one attached hydrogen (secondary N) is 1. The number of anilines is 1. The van der Waals surface area contributed by atoms with Crippen LogP contribution in [0.3, 0.4) is 0 Å². The van der Waals surface area contributed by atoms with Gasteiger partial charge in [0.15, 0.2) is 0 Å². The van der Waals surface area contributed by atoms with Crippen molar-refractivity contribution in [1.82, 2.24) is 9.62 Å². The first-order valence-electron chi connectivity index (χ1n) is 5.97. The summed E-state index contributed by atoms with van der Waals surface area (Å²) in [7, 11) is 1.82. The van der Waals surface area contributed by atoms with Gasteiger partial charge in [-0.2, -0.15) is 0 Å². The van der Waals surface area contributed by atoms with Crippen LogP contribution in [0.1, 0.15) is 6.42 Å². The summed E-state index contributed by atoms with van der Waals surface area (Å²) in [4.78, 5) is 2.14. The van der Waals surface area contributed by atoms with Crippen LogP contribution in [0.5, 0.6) is 5.75 Å². The van der Waals surface area contributed by atoms with Gasteiger partial charge < -0.3 is 15.4 Å². The highest BCUT2D eigenvalue weighted by molar-refractivity contribution is 7.89. The fraction of sp³-hybridized carbons (Fsp3) is 0.500. The Morgan fingerprint density at radius 2 is 2.05 bits per heavy atom. The van der Waals surface area contributed by atoms with E-state index >= 15 is 0 Å². The molecule has 0 fully saturated rings. The van der Waals surface area contributed by atoms with Crippen LogP contribution in [-0.2, 0) is 10.0 Å². The summed E-state index contributed by atoms with van der Waals surface area (Å²) in [5, 5.41) is 0. The molecule has 0 spiro atoms. The average molecular weight is 287 g/mol. The molecule has 0 radical (unpaired) electrons. The van der Waals surface area contributed by atoms with Crippen molar-refractivity contribution in [3.05, 3.63) is 18.2 Å². The minimum atomic E-state index is -3.52. The maximum absolute atomic E-state index is 11.6. The van der Waals surface area contributed by atoms with Gasteiger partial charge in [0.05, 0.1) is 12.3 Å². The van der Waals surface area contributed by atoms with Crippen LogP contribution in [0.25, 0.3) is 0 Å². The Balaban J connectivity index is 2.67. The topological polar surface area (TPSA) is 84.7 Å². The van der Waals surface area contributed by atoms with E-state index in [1.807, 2.05) is 14.1 Å². The van der Waals surface area contributed by atoms with E-state index in [1.54, 1.807) is 6.07 Å². The Kier molecular flexibility index (Phi) is 5.59. The summed E-state index contributed by atoms with van der Waals surface area (Å²) in [5.41, 5.74) is 5.91. The van der Waals surface area contributed by atoms with E-state index in [1.165, 1.54) is 19.2 Å². The van der Waals surface area contributed by atoms with Crippen molar-refractivity contribution in [3.8, 4) is 5.75 Å².